The smallest absolute Gasteiger partial charge is 0.255 e. The normalized spacial score (nSPS) is 10.7. The molecule has 2 heterocycles. The molecule has 0 unspecified atom stereocenters. The summed E-state index contributed by atoms with van der Waals surface area (Å²) in [4.78, 5) is 12.5. The van der Waals surface area contributed by atoms with Crippen molar-refractivity contribution in [1.82, 2.24) is 19.8 Å². The lowest BCUT2D eigenvalue weighted by Crippen LogP contribution is -2.11. The molecule has 0 fully saturated rings. The van der Waals surface area contributed by atoms with Crippen molar-refractivity contribution in [2.75, 3.05) is 12.4 Å². The Hall–Kier alpha value is -3.74. The summed E-state index contributed by atoms with van der Waals surface area (Å²) in [5.74, 6) is 0.432. The van der Waals surface area contributed by atoms with Crippen LogP contribution >= 0.6 is 0 Å². The molecule has 4 aromatic rings. The lowest BCUT2D eigenvalue weighted by atomic mass is 10.1. The van der Waals surface area contributed by atoms with Crippen LogP contribution in [0.25, 0.3) is 16.9 Å². The summed E-state index contributed by atoms with van der Waals surface area (Å²) in [6.45, 7) is 0. The van der Waals surface area contributed by atoms with E-state index in [-0.39, 0.29) is 5.91 Å². The second-order valence-electron chi connectivity index (χ2n) is 5.62. The van der Waals surface area contributed by atoms with Crippen LogP contribution in [0.2, 0.25) is 0 Å². The van der Waals surface area contributed by atoms with Crippen molar-refractivity contribution in [3.05, 3.63) is 72.6 Å². The van der Waals surface area contributed by atoms with E-state index in [1.54, 1.807) is 42.2 Å². The van der Waals surface area contributed by atoms with Gasteiger partial charge in [-0.3, -0.25) is 4.79 Å². The van der Waals surface area contributed by atoms with E-state index in [0.717, 1.165) is 11.3 Å². The Morgan fingerprint density at radius 3 is 2.85 bits per heavy atom. The van der Waals surface area contributed by atoms with Crippen molar-refractivity contribution >= 4 is 17.2 Å². The number of carbonyl (C=O) groups excluding carboxylic acids is 1. The SMILES string of the molecule is COc1cccc(C(=O)Nc2cccc(-c3ccc4nncn4n3)c2)c1. The van der Waals surface area contributed by atoms with Gasteiger partial charge in [-0.2, -0.15) is 9.61 Å². The Bertz CT molecular complexity index is 1090. The van der Waals surface area contributed by atoms with Crippen LogP contribution in [0.15, 0.2) is 67.0 Å². The first kappa shape index (κ1) is 15.8. The molecule has 0 saturated carbocycles. The predicted molar refractivity (Wildman–Crippen MR) is 97.2 cm³/mol. The zero-order chi connectivity index (χ0) is 17.9. The fraction of sp³-hybridized carbons (Fsp3) is 0.0526. The van der Waals surface area contributed by atoms with Gasteiger partial charge in [-0.05, 0) is 42.5 Å². The van der Waals surface area contributed by atoms with Crippen LogP contribution in [0.1, 0.15) is 10.4 Å². The van der Waals surface area contributed by atoms with E-state index in [1.165, 1.54) is 0 Å². The zero-order valence-electron chi connectivity index (χ0n) is 14.0. The van der Waals surface area contributed by atoms with Gasteiger partial charge in [0.05, 0.1) is 12.8 Å². The molecule has 4 rings (SSSR count). The van der Waals surface area contributed by atoms with E-state index in [2.05, 4.69) is 20.6 Å². The van der Waals surface area contributed by atoms with Gasteiger partial charge in [0.1, 0.15) is 12.1 Å². The number of aromatic nitrogens is 4. The van der Waals surface area contributed by atoms with Gasteiger partial charge < -0.3 is 10.1 Å². The van der Waals surface area contributed by atoms with Crippen LogP contribution in [0, 0.1) is 0 Å². The maximum atomic E-state index is 12.5. The first-order chi connectivity index (χ1) is 12.7. The molecule has 0 bridgehead atoms. The molecule has 128 valence electrons. The molecule has 0 aliphatic carbocycles. The van der Waals surface area contributed by atoms with Gasteiger partial charge in [-0.25, -0.2) is 0 Å². The predicted octanol–water partition coefficient (Wildman–Crippen LogP) is 3.05. The number of nitrogens with one attached hydrogen (secondary N) is 1. The number of hydrogen-bond donors (Lipinski definition) is 1. The fourth-order valence-corrected chi connectivity index (χ4v) is 2.61. The van der Waals surface area contributed by atoms with E-state index >= 15 is 0 Å². The largest absolute Gasteiger partial charge is 0.497 e. The topological polar surface area (TPSA) is 81.4 Å². The average molecular weight is 345 g/mol. The number of anilines is 1. The van der Waals surface area contributed by atoms with Crippen LogP contribution in [0.3, 0.4) is 0 Å². The highest BCUT2D eigenvalue weighted by Gasteiger charge is 2.09. The van der Waals surface area contributed by atoms with Crippen LogP contribution in [0.5, 0.6) is 5.75 Å². The third-order valence-electron chi connectivity index (χ3n) is 3.91. The minimum absolute atomic E-state index is 0.205. The minimum Gasteiger partial charge on any atom is -0.497 e. The first-order valence-corrected chi connectivity index (χ1v) is 7.96. The highest BCUT2D eigenvalue weighted by Crippen LogP contribution is 2.22. The molecule has 2 aromatic heterocycles. The summed E-state index contributed by atoms with van der Waals surface area (Å²) in [7, 11) is 1.57. The molecule has 0 radical (unpaired) electrons. The maximum Gasteiger partial charge on any atom is 0.255 e. The van der Waals surface area contributed by atoms with Crippen molar-refractivity contribution < 1.29 is 9.53 Å². The molecule has 2 aromatic carbocycles. The van der Waals surface area contributed by atoms with Crippen molar-refractivity contribution in [1.29, 1.82) is 0 Å². The van der Waals surface area contributed by atoms with Gasteiger partial charge in [-0.1, -0.05) is 18.2 Å². The molecule has 0 aliphatic heterocycles. The summed E-state index contributed by atoms with van der Waals surface area (Å²) >= 11 is 0. The molecule has 0 saturated heterocycles. The number of hydrogen-bond acceptors (Lipinski definition) is 5. The van der Waals surface area contributed by atoms with E-state index in [9.17, 15) is 4.79 Å². The first-order valence-electron chi connectivity index (χ1n) is 7.96. The van der Waals surface area contributed by atoms with Crippen LogP contribution in [-0.2, 0) is 0 Å². The van der Waals surface area contributed by atoms with Gasteiger partial charge >= 0.3 is 0 Å². The van der Waals surface area contributed by atoms with Crippen molar-refractivity contribution in [3.8, 4) is 17.0 Å². The van der Waals surface area contributed by atoms with Crippen LogP contribution in [-0.4, -0.2) is 32.8 Å². The number of carbonyl (C=O) groups is 1. The molecule has 1 N–H and O–H groups in total. The van der Waals surface area contributed by atoms with E-state index in [1.807, 2.05) is 36.4 Å². The Labute approximate surface area is 149 Å². The standard InChI is InChI=1S/C19H15N5O2/c1-26-16-7-3-5-14(11-16)19(25)21-15-6-2-4-13(10-15)17-8-9-18-22-20-12-24(18)23-17/h2-12H,1H3,(H,21,25). The maximum absolute atomic E-state index is 12.5. The molecule has 0 aliphatic rings. The molecular weight excluding hydrogens is 330 g/mol. The molecule has 26 heavy (non-hydrogen) atoms. The lowest BCUT2D eigenvalue weighted by molar-refractivity contribution is 0.102. The van der Waals surface area contributed by atoms with Gasteiger partial charge in [0.25, 0.3) is 5.91 Å². The van der Waals surface area contributed by atoms with Gasteiger partial charge in [0.15, 0.2) is 5.65 Å². The Kier molecular flexibility index (Phi) is 4.03. The fourth-order valence-electron chi connectivity index (χ4n) is 2.61. The lowest BCUT2D eigenvalue weighted by Gasteiger charge is -2.08. The number of nitrogens with zero attached hydrogens (tertiary/aromatic N) is 4. The summed E-state index contributed by atoms with van der Waals surface area (Å²) in [5, 5.41) is 15.1. The van der Waals surface area contributed by atoms with Crippen molar-refractivity contribution in [2.45, 2.75) is 0 Å². The van der Waals surface area contributed by atoms with E-state index < -0.39 is 0 Å². The molecule has 7 nitrogen and oxygen atoms in total. The Morgan fingerprint density at radius 2 is 1.96 bits per heavy atom. The van der Waals surface area contributed by atoms with E-state index in [0.29, 0.717) is 22.6 Å². The highest BCUT2D eigenvalue weighted by molar-refractivity contribution is 6.04. The van der Waals surface area contributed by atoms with Crippen molar-refractivity contribution in [3.63, 3.8) is 0 Å². The number of amides is 1. The second kappa shape index (κ2) is 6.64. The van der Waals surface area contributed by atoms with Crippen LogP contribution < -0.4 is 10.1 Å². The summed E-state index contributed by atoms with van der Waals surface area (Å²) in [6.07, 6.45) is 1.55. The van der Waals surface area contributed by atoms with Gasteiger partial charge in [0.2, 0.25) is 0 Å². The van der Waals surface area contributed by atoms with E-state index in [4.69, 9.17) is 4.74 Å². The number of rotatable bonds is 4. The minimum atomic E-state index is -0.205. The summed E-state index contributed by atoms with van der Waals surface area (Å²) < 4.78 is 6.77. The summed E-state index contributed by atoms with van der Waals surface area (Å²) in [5.41, 5.74) is 3.52. The number of benzene rings is 2. The zero-order valence-corrected chi connectivity index (χ0v) is 14.0. The highest BCUT2D eigenvalue weighted by atomic mass is 16.5. The molecular formula is C19H15N5O2. The third kappa shape index (κ3) is 3.10. The molecule has 0 atom stereocenters. The van der Waals surface area contributed by atoms with Gasteiger partial charge in [-0.15, -0.1) is 10.2 Å². The summed E-state index contributed by atoms with van der Waals surface area (Å²) in [6, 6.07) is 18.2. The van der Waals surface area contributed by atoms with Crippen molar-refractivity contribution in [2.24, 2.45) is 0 Å². The monoisotopic (exact) mass is 345 g/mol. The molecule has 1 amide bonds. The average Bonchev–Trinajstić information content (AvgIpc) is 3.16. The van der Waals surface area contributed by atoms with Gasteiger partial charge in [0, 0.05) is 16.8 Å². The third-order valence-corrected chi connectivity index (χ3v) is 3.91. The molecule has 0 spiro atoms. The van der Waals surface area contributed by atoms with Crippen LogP contribution in [0.4, 0.5) is 5.69 Å². The quantitative estimate of drug-likeness (QED) is 0.615. The number of ether oxygens (including phenoxy) is 1. The second-order valence-corrected chi connectivity index (χ2v) is 5.62. The number of fused-ring (bicyclic) bond motifs is 1. The Balaban J connectivity index is 1.59. The number of methoxy groups -OCH3 is 1. The molecule has 7 heteroatoms. The Morgan fingerprint density at radius 1 is 1.08 bits per heavy atom.